The Labute approximate surface area is 151 Å². The second kappa shape index (κ2) is 7.73. The highest BCUT2D eigenvalue weighted by Gasteiger charge is 2.25. The number of hydrogen-bond donors (Lipinski definition) is 1. The Kier molecular flexibility index (Phi) is 5.42. The van der Waals surface area contributed by atoms with E-state index in [0.29, 0.717) is 5.92 Å². The number of aryl methyl sites for hydroxylation is 1. The van der Waals surface area contributed by atoms with E-state index in [1.165, 1.54) is 16.8 Å². The molecule has 3 nitrogen and oxygen atoms in total. The van der Waals surface area contributed by atoms with Crippen LogP contribution >= 0.6 is 0 Å². The molecule has 2 aromatic rings. The highest BCUT2D eigenvalue weighted by atomic mass is 16.1. The molecule has 0 unspecified atom stereocenters. The molecule has 132 valence electrons. The molecular weight excluding hydrogens is 308 g/mol. The van der Waals surface area contributed by atoms with Crippen molar-refractivity contribution in [2.24, 2.45) is 5.92 Å². The fraction of sp³-hybridized carbons (Fsp3) is 0.409. The number of hydrogen-bond acceptors (Lipinski definition) is 2. The minimum Gasteiger partial charge on any atom is -0.371 e. The van der Waals surface area contributed by atoms with Crippen LogP contribution in [0, 0.1) is 12.8 Å². The topological polar surface area (TPSA) is 32.3 Å². The lowest BCUT2D eigenvalue weighted by atomic mass is 9.95. The molecule has 3 heteroatoms. The van der Waals surface area contributed by atoms with Crippen LogP contribution in [0.4, 0.5) is 11.4 Å². The predicted molar refractivity (Wildman–Crippen MR) is 105 cm³/mol. The van der Waals surface area contributed by atoms with E-state index in [9.17, 15) is 4.79 Å². The van der Waals surface area contributed by atoms with Crippen molar-refractivity contribution >= 4 is 17.3 Å². The lowest BCUT2D eigenvalue weighted by Crippen LogP contribution is -2.38. The molecule has 0 aliphatic carbocycles. The van der Waals surface area contributed by atoms with Crippen LogP contribution in [-0.4, -0.2) is 19.0 Å². The van der Waals surface area contributed by atoms with Gasteiger partial charge < -0.3 is 10.2 Å². The van der Waals surface area contributed by atoms with E-state index in [1.807, 2.05) is 12.1 Å². The molecule has 0 saturated carbocycles. The first-order valence-electron chi connectivity index (χ1n) is 9.25. The lowest BCUT2D eigenvalue weighted by Gasteiger charge is -2.33. The molecule has 1 aliphatic rings. The second-order valence-electron chi connectivity index (χ2n) is 7.36. The maximum Gasteiger partial charge on any atom is 0.227 e. The van der Waals surface area contributed by atoms with Crippen LogP contribution in [0.5, 0.6) is 0 Å². The number of nitrogens with zero attached hydrogens (tertiary/aromatic N) is 1. The first kappa shape index (κ1) is 17.5. The van der Waals surface area contributed by atoms with Crippen LogP contribution in [0.2, 0.25) is 0 Å². The van der Waals surface area contributed by atoms with Gasteiger partial charge in [-0.1, -0.05) is 43.7 Å². The summed E-state index contributed by atoms with van der Waals surface area (Å²) >= 11 is 0. The lowest BCUT2D eigenvalue weighted by molar-refractivity contribution is -0.120. The number of amides is 1. The molecule has 0 atom stereocenters. The number of rotatable bonds is 4. The van der Waals surface area contributed by atoms with E-state index in [-0.39, 0.29) is 11.8 Å². The summed E-state index contributed by atoms with van der Waals surface area (Å²) in [4.78, 5) is 14.9. The summed E-state index contributed by atoms with van der Waals surface area (Å²) in [6.07, 6.45) is 1.81. The van der Waals surface area contributed by atoms with E-state index in [0.717, 1.165) is 31.6 Å². The third kappa shape index (κ3) is 4.41. The molecule has 1 fully saturated rings. The minimum absolute atomic E-state index is 0.103. The molecule has 25 heavy (non-hydrogen) atoms. The Morgan fingerprint density at radius 2 is 1.60 bits per heavy atom. The van der Waals surface area contributed by atoms with Gasteiger partial charge in [-0.3, -0.25) is 4.79 Å². The van der Waals surface area contributed by atoms with Crippen molar-refractivity contribution in [3.63, 3.8) is 0 Å². The molecule has 1 amide bonds. The average Bonchev–Trinajstić information content (AvgIpc) is 2.63. The normalized spacial score (nSPS) is 15.4. The summed E-state index contributed by atoms with van der Waals surface area (Å²) in [6.45, 7) is 8.33. The van der Waals surface area contributed by atoms with Gasteiger partial charge in [-0.25, -0.2) is 0 Å². The molecule has 1 aliphatic heterocycles. The Morgan fingerprint density at radius 3 is 2.16 bits per heavy atom. The largest absolute Gasteiger partial charge is 0.371 e. The third-order valence-electron chi connectivity index (χ3n) is 5.11. The van der Waals surface area contributed by atoms with Crippen molar-refractivity contribution in [1.29, 1.82) is 0 Å². The van der Waals surface area contributed by atoms with Crippen molar-refractivity contribution in [2.45, 2.75) is 39.5 Å². The highest BCUT2D eigenvalue weighted by Crippen LogP contribution is 2.25. The van der Waals surface area contributed by atoms with Crippen LogP contribution in [0.3, 0.4) is 0 Å². The molecule has 1 saturated heterocycles. The van der Waals surface area contributed by atoms with Gasteiger partial charge in [0.05, 0.1) is 0 Å². The van der Waals surface area contributed by atoms with Crippen LogP contribution in [0.15, 0.2) is 48.5 Å². The van der Waals surface area contributed by atoms with E-state index >= 15 is 0 Å². The molecule has 3 rings (SSSR count). The Morgan fingerprint density at radius 1 is 1.00 bits per heavy atom. The zero-order valence-electron chi connectivity index (χ0n) is 15.5. The maximum absolute atomic E-state index is 12.5. The fourth-order valence-corrected chi connectivity index (χ4v) is 3.35. The van der Waals surface area contributed by atoms with Gasteiger partial charge in [0.15, 0.2) is 0 Å². The maximum atomic E-state index is 12.5. The SMILES string of the molecule is Cc1ccc(N2CCC(C(=O)Nc3ccc(C(C)C)cc3)CC2)cc1. The standard InChI is InChI=1S/C22H28N2O/c1-16(2)18-6-8-20(9-7-18)23-22(25)19-12-14-24(15-13-19)21-10-4-17(3)5-11-21/h4-11,16,19H,12-15H2,1-3H3,(H,23,25). The summed E-state index contributed by atoms with van der Waals surface area (Å²) < 4.78 is 0. The van der Waals surface area contributed by atoms with Crippen LogP contribution in [0.1, 0.15) is 43.7 Å². The van der Waals surface area contributed by atoms with Crippen molar-refractivity contribution in [3.05, 3.63) is 59.7 Å². The average molecular weight is 336 g/mol. The predicted octanol–water partition coefficient (Wildman–Crippen LogP) is 4.97. The van der Waals surface area contributed by atoms with Gasteiger partial charge in [-0.15, -0.1) is 0 Å². The molecule has 1 heterocycles. The van der Waals surface area contributed by atoms with Crippen LogP contribution in [0.25, 0.3) is 0 Å². The van der Waals surface area contributed by atoms with E-state index in [1.54, 1.807) is 0 Å². The van der Waals surface area contributed by atoms with Crippen molar-refractivity contribution in [1.82, 2.24) is 0 Å². The Bertz CT molecular complexity index is 696. The first-order valence-corrected chi connectivity index (χ1v) is 9.25. The fourth-order valence-electron chi connectivity index (χ4n) is 3.35. The number of piperidine rings is 1. The van der Waals surface area contributed by atoms with E-state index in [4.69, 9.17) is 0 Å². The second-order valence-corrected chi connectivity index (χ2v) is 7.36. The quantitative estimate of drug-likeness (QED) is 0.854. The highest BCUT2D eigenvalue weighted by molar-refractivity contribution is 5.92. The van der Waals surface area contributed by atoms with Gasteiger partial charge in [-0.2, -0.15) is 0 Å². The van der Waals surface area contributed by atoms with E-state index in [2.05, 4.69) is 67.4 Å². The first-order chi connectivity index (χ1) is 12.0. The van der Waals surface area contributed by atoms with Crippen LogP contribution < -0.4 is 10.2 Å². The zero-order chi connectivity index (χ0) is 17.8. The summed E-state index contributed by atoms with van der Waals surface area (Å²) in [5.41, 5.74) is 4.73. The number of anilines is 2. The van der Waals surface area contributed by atoms with Crippen molar-refractivity contribution in [3.8, 4) is 0 Å². The number of nitrogens with one attached hydrogen (secondary N) is 1. The minimum atomic E-state index is 0.103. The number of carbonyl (C=O) groups excluding carboxylic acids is 1. The van der Waals surface area contributed by atoms with Crippen molar-refractivity contribution < 1.29 is 4.79 Å². The van der Waals surface area contributed by atoms with Gasteiger partial charge in [0.25, 0.3) is 0 Å². The smallest absolute Gasteiger partial charge is 0.227 e. The van der Waals surface area contributed by atoms with Crippen molar-refractivity contribution in [2.75, 3.05) is 23.3 Å². The third-order valence-corrected chi connectivity index (χ3v) is 5.11. The molecule has 0 spiro atoms. The summed E-state index contributed by atoms with van der Waals surface area (Å²) in [7, 11) is 0. The summed E-state index contributed by atoms with van der Waals surface area (Å²) in [6, 6.07) is 16.9. The summed E-state index contributed by atoms with van der Waals surface area (Å²) in [5.74, 6) is 0.767. The van der Waals surface area contributed by atoms with Gasteiger partial charge in [0, 0.05) is 30.4 Å². The zero-order valence-corrected chi connectivity index (χ0v) is 15.5. The van der Waals surface area contributed by atoms with Gasteiger partial charge in [-0.05, 0) is 55.5 Å². The molecular formula is C22H28N2O. The Hall–Kier alpha value is -2.29. The monoisotopic (exact) mass is 336 g/mol. The number of carbonyl (C=O) groups is 1. The molecule has 0 bridgehead atoms. The molecule has 0 aromatic heterocycles. The van der Waals surface area contributed by atoms with E-state index < -0.39 is 0 Å². The van der Waals surface area contributed by atoms with Gasteiger partial charge in [0.1, 0.15) is 0 Å². The van der Waals surface area contributed by atoms with Gasteiger partial charge in [0.2, 0.25) is 5.91 Å². The van der Waals surface area contributed by atoms with Gasteiger partial charge >= 0.3 is 0 Å². The molecule has 0 radical (unpaired) electrons. The molecule has 2 aromatic carbocycles. The summed E-state index contributed by atoms with van der Waals surface area (Å²) in [5, 5.41) is 3.08. The number of benzene rings is 2. The van der Waals surface area contributed by atoms with Crippen LogP contribution in [-0.2, 0) is 4.79 Å². The Balaban J connectivity index is 1.53. The molecule has 1 N–H and O–H groups in total.